The molecule has 1 aliphatic rings. The number of aromatic nitrogens is 4. The van der Waals surface area contributed by atoms with Crippen molar-refractivity contribution in [2.45, 2.75) is 44.5 Å². The third-order valence-electron chi connectivity index (χ3n) is 4.34. The molecule has 0 amide bonds. The van der Waals surface area contributed by atoms with E-state index >= 15 is 0 Å². The van der Waals surface area contributed by atoms with E-state index in [4.69, 9.17) is 19.9 Å². The van der Waals surface area contributed by atoms with E-state index in [9.17, 15) is 8.42 Å². The number of anilines is 1. The average molecular weight is 400 g/mol. The summed E-state index contributed by atoms with van der Waals surface area (Å²) in [5, 5.41) is 0. The van der Waals surface area contributed by atoms with Crippen LogP contribution in [0.15, 0.2) is 12.7 Å². The molecule has 12 heteroatoms. The van der Waals surface area contributed by atoms with Crippen molar-refractivity contribution < 1.29 is 22.6 Å². The lowest BCUT2D eigenvalue weighted by atomic mass is 10.1. The van der Waals surface area contributed by atoms with Crippen molar-refractivity contribution in [2.75, 3.05) is 25.6 Å². The van der Waals surface area contributed by atoms with Crippen molar-refractivity contribution in [1.82, 2.24) is 24.2 Å². The molecule has 27 heavy (non-hydrogen) atoms. The van der Waals surface area contributed by atoms with E-state index in [1.54, 1.807) is 4.57 Å². The van der Waals surface area contributed by atoms with Crippen molar-refractivity contribution in [1.29, 1.82) is 0 Å². The first-order valence-electron chi connectivity index (χ1n) is 8.45. The van der Waals surface area contributed by atoms with Crippen molar-refractivity contribution in [3.05, 3.63) is 12.7 Å². The molecule has 11 nitrogen and oxygen atoms in total. The Kier molecular flexibility index (Phi) is 5.63. The minimum atomic E-state index is -3.53. The van der Waals surface area contributed by atoms with Crippen LogP contribution in [-0.4, -0.2) is 72.3 Å². The molecular weight excluding hydrogens is 376 g/mol. The second-order valence-corrected chi connectivity index (χ2v) is 8.45. The van der Waals surface area contributed by atoms with Crippen LogP contribution in [0.1, 0.15) is 20.1 Å². The predicted octanol–water partition coefficient (Wildman–Crippen LogP) is -0.336. The summed E-state index contributed by atoms with van der Waals surface area (Å²) in [5.74, 6) is -0.0175. The Hall–Kier alpha value is -1.86. The summed E-state index contributed by atoms with van der Waals surface area (Å²) < 4.78 is 45.8. The zero-order chi connectivity index (χ0) is 19.8. The number of sulfonamides is 1. The highest BCUT2D eigenvalue weighted by Gasteiger charge is 2.49. The number of ether oxygens (including phenoxy) is 3. The van der Waals surface area contributed by atoms with E-state index in [1.165, 1.54) is 26.8 Å². The smallest absolute Gasteiger partial charge is 0.214 e. The summed E-state index contributed by atoms with van der Waals surface area (Å²) in [7, 11) is -0.645. The molecule has 1 saturated heterocycles. The maximum absolute atomic E-state index is 12.1. The summed E-state index contributed by atoms with van der Waals surface area (Å²) >= 11 is 0. The Morgan fingerprint density at radius 2 is 2.07 bits per heavy atom. The van der Waals surface area contributed by atoms with Crippen LogP contribution in [0, 0.1) is 0 Å². The van der Waals surface area contributed by atoms with Crippen molar-refractivity contribution in [3.8, 4) is 0 Å². The van der Waals surface area contributed by atoms with Gasteiger partial charge in [0.15, 0.2) is 17.7 Å². The minimum Gasteiger partial charge on any atom is -0.382 e. The number of methoxy groups -OCH3 is 1. The molecule has 3 rings (SSSR count). The fourth-order valence-corrected chi connectivity index (χ4v) is 4.02. The molecule has 2 aromatic heterocycles. The van der Waals surface area contributed by atoms with Gasteiger partial charge in [0.1, 0.15) is 30.2 Å². The number of fused-ring (bicyclic) bond motifs is 1. The van der Waals surface area contributed by atoms with Gasteiger partial charge in [0, 0.05) is 7.11 Å². The lowest BCUT2D eigenvalue weighted by Gasteiger charge is -2.25. The normalized spacial score (nSPS) is 26.3. The second-order valence-electron chi connectivity index (χ2n) is 6.48. The van der Waals surface area contributed by atoms with Crippen LogP contribution in [0.2, 0.25) is 0 Å². The molecule has 1 fully saturated rings. The number of hydrogen-bond acceptors (Lipinski definition) is 9. The number of nitrogens with two attached hydrogens (primary N) is 1. The van der Waals surface area contributed by atoms with Crippen molar-refractivity contribution >= 4 is 27.0 Å². The number of nitrogens with zero attached hydrogens (tertiary/aromatic N) is 4. The van der Waals surface area contributed by atoms with Gasteiger partial charge in [-0.05, 0) is 20.9 Å². The Labute approximate surface area is 157 Å². The SMILES string of the molecule is CNS(=O)(=O)C[C@H]1O[C@@H](n2cnc3c(N)ncnc32)[C@H](OC)[C@@H]1OC(C)C. The van der Waals surface area contributed by atoms with Gasteiger partial charge in [-0.2, -0.15) is 0 Å². The van der Waals surface area contributed by atoms with Gasteiger partial charge in [0.2, 0.25) is 10.0 Å². The van der Waals surface area contributed by atoms with Gasteiger partial charge in [0.05, 0.1) is 18.2 Å². The van der Waals surface area contributed by atoms with E-state index in [-0.39, 0.29) is 17.7 Å². The van der Waals surface area contributed by atoms with Crippen molar-refractivity contribution in [3.63, 3.8) is 0 Å². The third kappa shape index (κ3) is 3.89. The molecule has 0 bridgehead atoms. The van der Waals surface area contributed by atoms with Gasteiger partial charge >= 0.3 is 0 Å². The number of nitrogen functional groups attached to an aromatic ring is 1. The van der Waals surface area contributed by atoms with E-state index in [0.29, 0.717) is 11.2 Å². The highest BCUT2D eigenvalue weighted by atomic mass is 32.2. The molecule has 1 aliphatic heterocycles. The van der Waals surface area contributed by atoms with Crippen LogP contribution in [0.3, 0.4) is 0 Å². The molecule has 0 aromatic carbocycles. The maximum Gasteiger partial charge on any atom is 0.214 e. The predicted molar refractivity (Wildman–Crippen MR) is 97.3 cm³/mol. The molecule has 0 unspecified atom stereocenters. The van der Waals surface area contributed by atoms with E-state index in [1.807, 2.05) is 13.8 Å². The van der Waals surface area contributed by atoms with Crippen LogP contribution in [0.25, 0.3) is 11.2 Å². The molecular formula is C15H24N6O5S. The first-order chi connectivity index (χ1) is 12.8. The zero-order valence-electron chi connectivity index (χ0n) is 15.6. The monoisotopic (exact) mass is 400 g/mol. The van der Waals surface area contributed by atoms with E-state index < -0.39 is 34.6 Å². The molecule has 150 valence electrons. The van der Waals surface area contributed by atoms with Gasteiger partial charge in [-0.15, -0.1) is 0 Å². The molecule has 0 aliphatic carbocycles. The molecule has 0 spiro atoms. The van der Waals surface area contributed by atoms with E-state index in [0.717, 1.165) is 0 Å². The first kappa shape index (κ1) is 19.9. The van der Waals surface area contributed by atoms with Gasteiger partial charge in [-0.3, -0.25) is 4.57 Å². The van der Waals surface area contributed by atoms with Crippen LogP contribution in [0.5, 0.6) is 0 Å². The molecule has 4 atom stereocenters. The first-order valence-corrected chi connectivity index (χ1v) is 10.1. The Morgan fingerprint density at radius 1 is 1.33 bits per heavy atom. The molecule has 0 radical (unpaired) electrons. The second kappa shape index (κ2) is 7.64. The maximum atomic E-state index is 12.1. The topological polar surface area (TPSA) is 143 Å². The molecule has 3 N–H and O–H groups in total. The van der Waals surface area contributed by atoms with Crippen molar-refractivity contribution in [2.24, 2.45) is 0 Å². The summed E-state index contributed by atoms with van der Waals surface area (Å²) in [5.41, 5.74) is 6.75. The largest absolute Gasteiger partial charge is 0.382 e. The summed E-state index contributed by atoms with van der Waals surface area (Å²) in [6.07, 6.45) is 0.113. The molecule has 0 saturated carbocycles. The molecule has 2 aromatic rings. The van der Waals surface area contributed by atoms with Gasteiger partial charge in [0.25, 0.3) is 0 Å². The standard InChI is InChI=1S/C15H24N6O5S/c1-8(2)25-11-9(5-27(22,23)17-3)26-15(12(11)24-4)21-7-20-10-13(16)18-6-19-14(10)21/h6-9,11-12,15,17H,5H2,1-4H3,(H2,16,18,19)/t9-,11-,12-,15-/m1/s1. The van der Waals surface area contributed by atoms with Crippen LogP contribution in [-0.2, 0) is 24.2 Å². The zero-order valence-corrected chi connectivity index (χ0v) is 16.4. The fourth-order valence-electron chi connectivity index (χ4n) is 3.15. The Bertz CT molecular complexity index is 901. The Morgan fingerprint density at radius 3 is 2.70 bits per heavy atom. The highest BCUT2D eigenvalue weighted by Crippen LogP contribution is 2.36. The molecule has 3 heterocycles. The third-order valence-corrected chi connectivity index (χ3v) is 5.73. The van der Waals surface area contributed by atoms with Crippen LogP contribution >= 0.6 is 0 Å². The quantitative estimate of drug-likeness (QED) is 0.638. The summed E-state index contributed by atoms with van der Waals surface area (Å²) in [4.78, 5) is 12.4. The van der Waals surface area contributed by atoms with Crippen LogP contribution in [0.4, 0.5) is 5.82 Å². The highest BCUT2D eigenvalue weighted by molar-refractivity contribution is 7.89. The number of rotatable bonds is 7. The van der Waals surface area contributed by atoms with Gasteiger partial charge < -0.3 is 19.9 Å². The van der Waals surface area contributed by atoms with Gasteiger partial charge in [-0.25, -0.2) is 28.1 Å². The minimum absolute atomic E-state index is 0.146. The number of imidazole rings is 1. The van der Waals surface area contributed by atoms with Crippen LogP contribution < -0.4 is 10.5 Å². The lowest BCUT2D eigenvalue weighted by molar-refractivity contribution is -0.0767. The van der Waals surface area contributed by atoms with Gasteiger partial charge in [-0.1, -0.05) is 0 Å². The fraction of sp³-hybridized carbons (Fsp3) is 0.667. The van der Waals surface area contributed by atoms with E-state index in [2.05, 4.69) is 19.7 Å². The lowest BCUT2D eigenvalue weighted by Crippen LogP contribution is -2.42. The number of nitrogens with one attached hydrogen (secondary N) is 1. The summed E-state index contributed by atoms with van der Waals surface area (Å²) in [6, 6.07) is 0. The average Bonchev–Trinajstić information content (AvgIpc) is 3.17. The summed E-state index contributed by atoms with van der Waals surface area (Å²) in [6.45, 7) is 3.73. The Balaban J connectivity index is 2.00. The number of hydrogen-bond donors (Lipinski definition) is 2.